The summed E-state index contributed by atoms with van der Waals surface area (Å²) in [5.41, 5.74) is 0. The van der Waals surface area contributed by atoms with Gasteiger partial charge in [-0.05, 0) is 19.3 Å². The van der Waals surface area contributed by atoms with Gasteiger partial charge in [0.25, 0.3) is 0 Å². The molecule has 0 aliphatic carbocycles. The molecule has 72 valence electrons. The highest BCUT2D eigenvalue weighted by molar-refractivity contribution is 4.62. The van der Waals surface area contributed by atoms with Gasteiger partial charge in [0.15, 0.2) is 0 Å². The van der Waals surface area contributed by atoms with Gasteiger partial charge < -0.3 is 14.2 Å². The maximum atomic E-state index is 5.49. The minimum Gasteiger partial charge on any atom is -0.382 e. The quantitative estimate of drug-likeness (QED) is 0.586. The van der Waals surface area contributed by atoms with Crippen molar-refractivity contribution in [1.82, 2.24) is 0 Å². The summed E-state index contributed by atoms with van der Waals surface area (Å²) in [5.74, 6) is 0. The average Bonchev–Trinajstić information content (AvgIpc) is 2.14. The van der Waals surface area contributed by atoms with Crippen molar-refractivity contribution in [2.75, 3.05) is 33.5 Å². The third-order valence-electron chi connectivity index (χ3n) is 2.01. The van der Waals surface area contributed by atoms with Crippen molar-refractivity contribution < 1.29 is 14.2 Å². The predicted octanol–water partition coefficient (Wildman–Crippen LogP) is 1.22. The molecule has 1 aliphatic rings. The molecule has 0 aromatic heterocycles. The molecule has 1 rings (SSSR count). The summed E-state index contributed by atoms with van der Waals surface area (Å²) in [6.45, 7) is 2.98. The van der Waals surface area contributed by atoms with Gasteiger partial charge in [0.2, 0.25) is 0 Å². The van der Waals surface area contributed by atoms with E-state index in [2.05, 4.69) is 0 Å². The zero-order chi connectivity index (χ0) is 8.65. The molecule has 0 saturated carbocycles. The molecule has 1 unspecified atom stereocenters. The zero-order valence-electron chi connectivity index (χ0n) is 7.75. The fourth-order valence-corrected chi connectivity index (χ4v) is 1.30. The van der Waals surface area contributed by atoms with E-state index in [-0.39, 0.29) is 0 Å². The molecular formula is C9H18O3. The summed E-state index contributed by atoms with van der Waals surface area (Å²) in [6, 6.07) is 0. The van der Waals surface area contributed by atoms with E-state index in [9.17, 15) is 0 Å². The van der Waals surface area contributed by atoms with Crippen LogP contribution in [-0.4, -0.2) is 39.6 Å². The Bertz CT molecular complexity index is 99.9. The molecule has 3 heteroatoms. The van der Waals surface area contributed by atoms with E-state index in [1.165, 1.54) is 12.8 Å². The van der Waals surface area contributed by atoms with Crippen LogP contribution in [0.4, 0.5) is 0 Å². The van der Waals surface area contributed by atoms with E-state index in [0.29, 0.717) is 19.3 Å². The van der Waals surface area contributed by atoms with Crippen LogP contribution in [0.2, 0.25) is 0 Å². The van der Waals surface area contributed by atoms with E-state index >= 15 is 0 Å². The largest absolute Gasteiger partial charge is 0.382 e. The molecule has 0 amide bonds. The van der Waals surface area contributed by atoms with Gasteiger partial charge in [-0.15, -0.1) is 0 Å². The molecule has 0 radical (unpaired) electrons. The van der Waals surface area contributed by atoms with Crippen LogP contribution in [0.5, 0.6) is 0 Å². The maximum Gasteiger partial charge on any atom is 0.0808 e. The molecule has 0 spiro atoms. The Labute approximate surface area is 74.0 Å². The molecule has 0 aromatic carbocycles. The molecule has 1 atom stereocenters. The van der Waals surface area contributed by atoms with Crippen molar-refractivity contribution in [1.29, 1.82) is 0 Å². The first-order chi connectivity index (χ1) is 5.93. The summed E-state index contributed by atoms with van der Waals surface area (Å²) in [7, 11) is 1.68. The first kappa shape index (κ1) is 9.96. The number of hydrogen-bond acceptors (Lipinski definition) is 3. The van der Waals surface area contributed by atoms with Crippen molar-refractivity contribution in [3.63, 3.8) is 0 Å². The molecule has 0 aromatic rings. The lowest BCUT2D eigenvalue weighted by molar-refractivity contribution is -0.0479. The van der Waals surface area contributed by atoms with Gasteiger partial charge in [-0.2, -0.15) is 0 Å². The van der Waals surface area contributed by atoms with Crippen LogP contribution < -0.4 is 0 Å². The number of methoxy groups -OCH3 is 1. The second-order valence-corrected chi connectivity index (χ2v) is 3.06. The van der Waals surface area contributed by atoms with Gasteiger partial charge in [0.1, 0.15) is 0 Å². The van der Waals surface area contributed by atoms with E-state index in [0.717, 1.165) is 19.6 Å². The smallest absolute Gasteiger partial charge is 0.0808 e. The number of hydrogen-bond donors (Lipinski definition) is 0. The standard InChI is InChI=1S/C9H18O3/c1-10-6-7-11-8-9-4-2-3-5-12-9/h9H,2-8H2,1H3. The Kier molecular flexibility index (Phi) is 5.32. The normalized spacial score (nSPS) is 24.2. The van der Waals surface area contributed by atoms with Crippen molar-refractivity contribution in [3.05, 3.63) is 0 Å². The molecule has 1 fully saturated rings. The lowest BCUT2D eigenvalue weighted by Gasteiger charge is -2.22. The van der Waals surface area contributed by atoms with E-state index < -0.39 is 0 Å². The minimum atomic E-state index is 0.329. The second-order valence-electron chi connectivity index (χ2n) is 3.06. The van der Waals surface area contributed by atoms with Crippen molar-refractivity contribution in [2.24, 2.45) is 0 Å². The minimum absolute atomic E-state index is 0.329. The van der Waals surface area contributed by atoms with Crippen LogP contribution >= 0.6 is 0 Å². The molecule has 3 nitrogen and oxygen atoms in total. The van der Waals surface area contributed by atoms with Crippen LogP contribution in [0.3, 0.4) is 0 Å². The van der Waals surface area contributed by atoms with Gasteiger partial charge in [0, 0.05) is 13.7 Å². The highest BCUT2D eigenvalue weighted by atomic mass is 16.5. The SMILES string of the molecule is COCCOCC1CCCCO1. The van der Waals surface area contributed by atoms with Crippen molar-refractivity contribution in [3.8, 4) is 0 Å². The van der Waals surface area contributed by atoms with Gasteiger partial charge in [-0.3, -0.25) is 0 Å². The first-order valence-corrected chi connectivity index (χ1v) is 4.62. The Morgan fingerprint density at radius 1 is 1.33 bits per heavy atom. The van der Waals surface area contributed by atoms with Gasteiger partial charge in [0.05, 0.1) is 25.9 Å². The van der Waals surface area contributed by atoms with Crippen LogP contribution in [0, 0.1) is 0 Å². The number of ether oxygens (including phenoxy) is 3. The molecular weight excluding hydrogens is 156 g/mol. The molecule has 1 saturated heterocycles. The van der Waals surface area contributed by atoms with Crippen molar-refractivity contribution in [2.45, 2.75) is 25.4 Å². The van der Waals surface area contributed by atoms with Crippen LogP contribution in [-0.2, 0) is 14.2 Å². The fourth-order valence-electron chi connectivity index (χ4n) is 1.30. The summed E-state index contributed by atoms with van der Waals surface area (Å²) in [6.07, 6.45) is 3.95. The van der Waals surface area contributed by atoms with E-state index in [1.807, 2.05) is 0 Å². The highest BCUT2D eigenvalue weighted by Crippen LogP contribution is 2.12. The average molecular weight is 174 g/mol. The van der Waals surface area contributed by atoms with Crippen LogP contribution in [0.25, 0.3) is 0 Å². The summed E-state index contributed by atoms with van der Waals surface area (Å²) < 4.78 is 15.7. The topological polar surface area (TPSA) is 27.7 Å². The lowest BCUT2D eigenvalue weighted by Crippen LogP contribution is -2.25. The third-order valence-corrected chi connectivity index (χ3v) is 2.01. The fraction of sp³-hybridized carbons (Fsp3) is 1.00. The first-order valence-electron chi connectivity index (χ1n) is 4.62. The number of rotatable bonds is 5. The van der Waals surface area contributed by atoms with Gasteiger partial charge >= 0.3 is 0 Å². The Morgan fingerprint density at radius 2 is 2.25 bits per heavy atom. The summed E-state index contributed by atoms with van der Waals surface area (Å²) in [4.78, 5) is 0. The Morgan fingerprint density at radius 3 is 2.92 bits per heavy atom. The Hall–Kier alpha value is -0.120. The predicted molar refractivity (Wildman–Crippen MR) is 46.3 cm³/mol. The molecule has 1 heterocycles. The monoisotopic (exact) mass is 174 g/mol. The molecule has 1 aliphatic heterocycles. The third kappa shape index (κ3) is 4.04. The molecule has 12 heavy (non-hydrogen) atoms. The molecule has 0 N–H and O–H groups in total. The van der Waals surface area contributed by atoms with Crippen LogP contribution in [0.1, 0.15) is 19.3 Å². The van der Waals surface area contributed by atoms with Gasteiger partial charge in [-0.25, -0.2) is 0 Å². The Balaban J connectivity index is 1.91. The second kappa shape index (κ2) is 6.40. The highest BCUT2D eigenvalue weighted by Gasteiger charge is 2.13. The summed E-state index contributed by atoms with van der Waals surface area (Å²) >= 11 is 0. The molecule has 0 bridgehead atoms. The van der Waals surface area contributed by atoms with Crippen molar-refractivity contribution >= 4 is 0 Å². The van der Waals surface area contributed by atoms with E-state index in [1.54, 1.807) is 7.11 Å². The van der Waals surface area contributed by atoms with E-state index in [4.69, 9.17) is 14.2 Å². The maximum absolute atomic E-state index is 5.49. The zero-order valence-corrected chi connectivity index (χ0v) is 7.75. The summed E-state index contributed by atoms with van der Waals surface area (Å²) in [5, 5.41) is 0. The lowest BCUT2D eigenvalue weighted by atomic mass is 10.1. The van der Waals surface area contributed by atoms with Gasteiger partial charge in [-0.1, -0.05) is 0 Å². The van der Waals surface area contributed by atoms with Crippen LogP contribution in [0.15, 0.2) is 0 Å².